The molecule has 11 heavy (non-hydrogen) atoms. The zero-order chi connectivity index (χ0) is 8.91. The molecular formula is C5H10F2N2O2. The number of carbonyl (C=O) groups is 1. The van der Waals surface area contributed by atoms with Gasteiger partial charge in [-0.1, -0.05) is 0 Å². The largest absolute Gasteiger partial charge is 0.375 e. The number of hydrogen-bond donors (Lipinski definition) is 2. The van der Waals surface area contributed by atoms with Crippen LogP contribution >= 0.6 is 0 Å². The molecule has 0 bridgehead atoms. The molecule has 0 aliphatic heterocycles. The Morgan fingerprint density at radius 1 is 1.73 bits per heavy atom. The van der Waals surface area contributed by atoms with Crippen LogP contribution in [-0.2, 0) is 9.53 Å². The average molecular weight is 168 g/mol. The Labute approximate surface area is 62.7 Å². The Kier molecular flexibility index (Phi) is 3.91. The molecule has 0 atom stereocenters. The summed E-state index contributed by atoms with van der Waals surface area (Å²) in [7, 11) is 0. The minimum Gasteiger partial charge on any atom is -0.375 e. The van der Waals surface area contributed by atoms with Crippen molar-refractivity contribution in [1.29, 1.82) is 0 Å². The summed E-state index contributed by atoms with van der Waals surface area (Å²) in [6.45, 7) is 0.746. The van der Waals surface area contributed by atoms with E-state index in [1.807, 2.05) is 0 Å². The summed E-state index contributed by atoms with van der Waals surface area (Å²) in [4.78, 5) is 10.3. The Balaban J connectivity index is 3.88. The van der Waals surface area contributed by atoms with Gasteiger partial charge in [0, 0.05) is 6.61 Å². The van der Waals surface area contributed by atoms with Crippen molar-refractivity contribution >= 4 is 5.91 Å². The van der Waals surface area contributed by atoms with Crippen molar-refractivity contribution in [3.63, 3.8) is 0 Å². The van der Waals surface area contributed by atoms with Gasteiger partial charge in [-0.05, 0) is 6.92 Å². The van der Waals surface area contributed by atoms with Gasteiger partial charge in [-0.25, -0.2) is 5.84 Å². The molecule has 0 aromatic heterocycles. The first kappa shape index (κ1) is 10.2. The lowest BCUT2D eigenvalue weighted by atomic mass is 10.3. The van der Waals surface area contributed by atoms with E-state index in [1.54, 1.807) is 6.92 Å². The minimum atomic E-state index is -3.54. The van der Waals surface area contributed by atoms with Crippen LogP contribution in [0.4, 0.5) is 8.78 Å². The molecule has 0 aromatic rings. The topological polar surface area (TPSA) is 64.3 Å². The van der Waals surface area contributed by atoms with Crippen LogP contribution in [0.5, 0.6) is 0 Å². The number of ether oxygens (including phenoxy) is 1. The fourth-order valence-electron chi connectivity index (χ4n) is 0.401. The van der Waals surface area contributed by atoms with Crippen molar-refractivity contribution < 1.29 is 18.3 Å². The van der Waals surface area contributed by atoms with Gasteiger partial charge in [-0.15, -0.1) is 0 Å². The highest BCUT2D eigenvalue weighted by molar-refractivity contribution is 5.82. The quantitative estimate of drug-likeness (QED) is 0.342. The standard InChI is InChI=1S/C5H10F2N2O2/c1-2-11-3-5(6,7)4(10)9-8/h2-3,8H2,1H3,(H,9,10). The Bertz CT molecular complexity index is 140. The smallest absolute Gasteiger partial charge is 0.348 e. The van der Waals surface area contributed by atoms with Gasteiger partial charge in [0.2, 0.25) is 0 Å². The summed E-state index contributed by atoms with van der Waals surface area (Å²) < 4.78 is 29.1. The van der Waals surface area contributed by atoms with Crippen molar-refractivity contribution in [2.24, 2.45) is 5.84 Å². The third-order valence-electron chi connectivity index (χ3n) is 0.951. The van der Waals surface area contributed by atoms with Gasteiger partial charge in [0.05, 0.1) is 0 Å². The van der Waals surface area contributed by atoms with Crippen LogP contribution in [0.15, 0.2) is 0 Å². The highest BCUT2D eigenvalue weighted by Gasteiger charge is 2.38. The average Bonchev–Trinajstić information content (AvgIpc) is 1.99. The normalized spacial score (nSPS) is 11.3. The molecule has 0 fully saturated rings. The number of nitrogens with one attached hydrogen (secondary N) is 1. The van der Waals surface area contributed by atoms with Crippen LogP contribution < -0.4 is 11.3 Å². The molecule has 0 radical (unpaired) electrons. The Hall–Kier alpha value is -0.750. The molecule has 0 saturated heterocycles. The van der Waals surface area contributed by atoms with Crippen LogP contribution in [0.25, 0.3) is 0 Å². The second kappa shape index (κ2) is 4.20. The maximum Gasteiger partial charge on any atom is 0.348 e. The summed E-state index contributed by atoms with van der Waals surface area (Å²) in [6.07, 6.45) is 0. The lowest BCUT2D eigenvalue weighted by Crippen LogP contribution is -2.46. The molecule has 6 heteroatoms. The van der Waals surface area contributed by atoms with E-state index >= 15 is 0 Å². The van der Waals surface area contributed by atoms with Gasteiger partial charge in [-0.2, -0.15) is 8.78 Å². The number of carbonyl (C=O) groups excluding carboxylic acids is 1. The Morgan fingerprint density at radius 3 is 2.64 bits per heavy atom. The van der Waals surface area contributed by atoms with E-state index in [1.165, 1.54) is 5.43 Å². The molecular weight excluding hydrogens is 158 g/mol. The fraction of sp³-hybridized carbons (Fsp3) is 0.800. The fourth-order valence-corrected chi connectivity index (χ4v) is 0.401. The number of hydrazine groups is 1. The van der Waals surface area contributed by atoms with Gasteiger partial charge < -0.3 is 4.74 Å². The van der Waals surface area contributed by atoms with E-state index < -0.39 is 18.4 Å². The van der Waals surface area contributed by atoms with Crippen molar-refractivity contribution in [2.75, 3.05) is 13.2 Å². The van der Waals surface area contributed by atoms with E-state index in [4.69, 9.17) is 0 Å². The molecule has 0 unspecified atom stereocenters. The van der Waals surface area contributed by atoms with Gasteiger partial charge in [-0.3, -0.25) is 10.2 Å². The molecule has 0 saturated carbocycles. The maximum atomic E-state index is 12.4. The maximum absolute atomic E-state index is 12.4. The lowest BCUT2D eigenvalue weighted by Gasteiger charge is -2.12. The van der Waals surface area contributed by atoms with Crippen molar-refractivity contribution in [3.8, 4) is 0 Å². The van der Waals surface area contributed by atoms with Crippen LogP contribution in [0.3, 0.4) is 0 Å². The van der Waals surface area contributed by atoms with Crippen LogP contribution in [0.1, 0.15) is 6.92 Å². The molecule has 3 N–H and O–H groups in total. The summed E-state index contributed by atoms with van der Waals surface area (Å²) in [5, 5.41) is 0. The highest BCUT2D eigenvalue weighted by Crippen LogP contribution is 2.12. The number of nitrogens with two attached hydrogens (primary N) is 1. The van der Waals surface area contributed by atoms with Gasteiger partial charge in [0.25, 0.3) is 0 Å². The lowest BCUT2D eigenvalue weighted by molar-refractivity contribution is -0.154. The first-order valence-corrected chi connectivity index (χ1v) is 3.01. The van der Waals surface area contributed by atoms with E-state index in [-0.39, 0.29) is 6.61 Å². The monoisotopic (exact) mass is 168 g/mol. The number of rotatable bonds is 4. The van der Waals surface area contributed by atoms with Gasteiger partial charge >= 0.3 is 11.8 Å². The molecule has 0 heterocycles. The molecule has 0 spiro atoms. The van der Waals surface area contributed by atoms with Crippen molar-refractivity contribution in [1.82, 2.24) is 5.43 Å². The summed E-state index contributed by atoms with van der Waals surface area (Å²) in [6, 6.07) is 0. The second-order valence-electron chi connectivity index (χ2n) is 1.82. The predicted molar refractivity (Wildman–Crippen MR) is 33.8 cm³/mol. The zero-order valence-electron chi connectivity index (χ0n) is 6.06. The van der Waals surface area contributed by atoms with Crippen LogP contribution in [-0.4, -0.2) is 25.0 Å². The van der Waals surface area contributed by atoms with Crippen LogP contribution in [0.2, 0.25) is 0 Å². The number of halogens is 2. The first-order valence-electron chi connectivity index (χ1n) is 3.01. The molecule has 4 nitrogen and oxygen atoms in total. The van der Waals surface area contributed by atoms with Crippen LogP contribution in [0, 0.1) is 0 Å². The SMILES string of the molecule is CCOCC(F)(F)C(=O)NN. The number of hydrogen-bond acceptors (Lipinski definition) is 3. The summed E-state index contributed by atoms with van der Waals surface area (Å²) >= 11 is 0. The predicted octanol–water partition coefficient (Wildman–Crippen LogP) is -0.352. The molecule has 0 aliphatic carbocycles. The van der Waals surface area contributed by atoms with E-state index in [2.05, 4.69) is 10.6 Å². The zero-order valence-corrected chi connectivity index (χ0v) is 6.06. The van der Waals surface area contributed by atoms with E-state index in [9.17, 15) is 13.6 Å². The molecule has 1 amide bonds. The first-order chi connectivity index (χ1) is 5.04. The molecule has 0 aliphatic rings. The summed E-state index contributed by atoms with van der Waals surface area (Å²) in [5.41, 5.74) is 1.35. The van der Waals surface area contributed by atoms with Gasteiger partial charge in [0.1, 0.15) is 6.61 Å². The molecule has 0 aromatic carbocycles. The second-order valence-corrected chi connectivity index (χ2v) is 1.82. The van der Waals surface area contributed by atoms with E-state index in [0.717, 1.165) is 0 Å². The number of amides is 1. The summed E-state index contributed by atoms with van der Waals surface area (Å²) in [5.74, 6) is -0.578. The van der Waals surface area contributed by atoms with Gasteiger partial charge in [0.15, 0.2) is 0 Å². The molecule has 0 rings (SSSR count). The highest BCUT2D eigenvalue weighted by atomic mass is 19.3. The third kappa shape index (κ3) is 3.24. The minimum absolute atomic E-state index is 0.132. The van der Waals surface area contributed by atoms with Crippen molar-refractivity contribution in [2.45, 2.75) is 12.8 Å². The number of alkyl halides is 2. The third-order valence-corrected chi connectivity index (χ3v) is 0.951. The molecule has 66 valence electrons. The van der Waals surface area contributed by atoms with E-state index in [0.29, 0.717) is 0 Å². The Morgan fingerprint density at radius 2 is 2.27 bits per heavy atom. The van der Waals surface area contributed by atoms with Crippen molar-refractivity contribution in [3.05, 3.63) is 0 Å².